The fourth-order valence-electron chi connectivity index (χ4n) is 3.56. The van der Waals surface area contributed by atoms with E-state index in [-0.39, 0.29) is 5.91 Å². The molecule has 0 spiro atoms. The summed E-state index contributed by atoms with van der Waals surface area (Å²) >= 11 is 0. The number of aryl methyl sites for hydroxylation is 1. The van der Waals surface area contributed by atoms with Crippen LogP contribution in [0.3, 0.4) is 0 Å². The lowest BCUT2D eigenvalue weighted by Gasteiger charge is -2.40. The van der Waals surface area contributed by atoms with Crippen LogP contribution in [0.4, 0.5) is 5.69 Å². The quantitative estimate of drug-likeness (QED) is 0.633. The van der Waals surface area contributed by atoms with Gasteiger partial charge in [-0.05, 0) is 50.8 Å². The zero-order valence-corrected chi connectivity index (χ0v) is 15.7. The molecule has 0 aliphatic carbocycles. The average Bonchev–Trinajstić information content (AvgIpc) is 2.63. The lowest BCUT2D eigenvalue weighted by Crippen LogP contribution is -2.55. The average molecular weight is 349 g/mol. The van der Waals surface area contributed by atoms with E-state index in [0.717, 1.165) is 42.5 Å². The summed E-state index contributed by atoms with van der Waals surface area (Å²) in [5.41, 5.74) is 1.59. The predicted molar refractivity (Wildman–Crippen MR) is 97.0 cm³/mol. The van der Waals surface area contributed by atoms with Crippen LogP contribution in [0.25, 0.3) is 0 Å². The third kappa shape index (κ3) is 4.51. The van der Waals surface area contributed by atoms with E-state index >= 15 is 0 Å². The molecule has 138 valence electrons. The van der Waals surface area contributed by atoms with Crippen LogP contribution in [0.15, 0.2) is 12.1 Å². The maximum absolute atomic E-state index is 12.7. The van der Waals surface area contributed by atoms with Gasteiger partial charge in [0, 0.05) is 0 Å². The first kappa shape index (κ1) is 19.2. The van der Waals surface area contributed by atoms with Crippen LogP contribution in [0.1, 0.15) is 42.1 Å². The molecule has 1 heterocycles. The maximum Gasteiger partial charge on any atom is 0.340 e. The van der Waals surface area contributed by atoms with Crippen LogP contribution in [0, 0.1) is 6.92 Å². The van der Waals surface area contributed by atoms with Crippen molar-refractivity contribution in [2.24, 2.45) is 0 Å². The van der Waals surface area contributed by atoms with Gasteiger partial charge >= 0.3 is 5.97 Å². The second kappa shape index (κ2) is 8.34. The third-order valence-corrected chi connectivity index (χ3v) is 5.13. The normalized spacial score (nSPS) is 16.2. The Labute approximate surface area is 149 Å². The molecule has 1 aliphatic rings. The van der Waals surface area contributed by atoms with Crippen molar-refractivity contribution in [2.45, 2.75) is 33.1 Å². The Kier molecular flexibility index (Phi) is 6.42. The highest BCUT2D eigenvalue weighted by Crippen LogP contribution is 2.28. The van der Waals surface area contributed by atoms with Crippen LogP contribution >= 0.6 is 0 Å². The molecule has 1 amide bonds. The first-order valence-electron chi connectivity index (χ1n) is 8.86. The third-order valence-electron chi connectivity index (χ3n) is 5.13. The van der Waals surface area contributed by atoms with Gasteiger partial charge in [0.15, 0.2) is 6.54 Å². The Hall–Kier alpha value is -2.08. The second-order valence-corrected chi connectivity index (χ2v) is 6.73. The molecule has 0 bridgehead atoms. The topological polar surface area (TPSA) is 64.6 Å². The Morgan fingerprint density at radius 2 is 1.84 bits per heavy atom. The Bertz CT molecular complexity index is 637. The Morgan fingerprint density at radius 3 is 2.40 bits per heavy atom. The maximum atomic E-state index is 12.7. The minimum Gasteiger partial charge on any atom is -0.497 e. The number of rotatable bonds is 6. The first-order chi connectivity index (χ1) is 11.9. The van der Waals surface area contributed by atoms with Gasteiger partial charge in [-0.1, -0.05) is 0 Å². The standard InChI is InChI=1S/C19H28N2O4/c1-5-21(9-7-6-8-10-21)13-17(22)20-18-14(2)11-15(24-3)12-16(18)19(23)25-4/h11-12H,5-10,13H2,1-4H3/p+1. The van der Waals surface area contributed by atoms with Gasteiger partial charge in [-0.25, -0.2) is 4.79 Å². The number of piperidine rings is 1. The number of hydrogen-bond donors (Lipinski definition) is 1. The van der Waals surface area contributed by atoms with E-state index < -0.39 is 5.97 Å². The van der Waals surface area contributed by atoms with Crippen molar-refractivity contribution in [3.05, 3.63) is 23.3 Å². The van der Waals surface area contributed by atoms with Crippen molar-refractivity contribution in [3.8, 4) is 5.75 Å². The number of benzene rings is 1. The summed E-state index contributed by atoms with van der Waals surface area (Å²) in [6, 6.07) is 3.40. The van der Waals surface area contributed by atoms with Crippen molar-refractivity contribution in [3.63, 3.8) is 0 Å². The van der Waals surface area contributed by atoms with Crippen molar-refractivity contribution in [2.75, 3.05) is 45.7 Å². The number of methoxy groups -OCH3 is 2. The molecule has 1 aromatic rings. The molecular formula is C19H29N2O4+. The minimum absolute atomic E-state index is 0.0674. The Balaban J connectivity index is 2.23. The van der Waals surface area contributed by atoms with Gasteiger partial charge in [0.2, 0.25) is 0 Å². The van der Waals surface area contributed by atoms with Gasteiger partial charge in [0.1, 0.15) is 5.75 Å². The molecule has 1 fully saturated rings. The molecule has 0 aromatic heterocycles. The SMILES string of the molecule is CC[N+]1(CC(=O)Nc2c(C)cc(OC)cc2C(=O)OC)CCCCC1. The van der Waals surface area contributed by atoms with Gasteiger partial charge in [0.05, 0.1) is 45.1 Å². The molecule has 6 heteroatoms. The number of likely N-dealkylation sites (tertiary alicyclic amines) is 1. The van der Waals surface area contributed by atoms with E-state index in [9.17, 15) is 9.59 Å². The molecule has 1 aliphatic heterocycles. The van der Waals surface area contributed by atoms with Crippen LogP contribution in [-0.2, 0) is 9.53 Å². The summed E-state index contributed by atoms with van der Waals surface area (Å²) in [7, 11) is 2.87. The van der Waals surface area contributed by atoms with E-state index in [4.69, 9.17) is 9.47 Å². The summed E-state index contributed by atoms with van der Waals surface area (Å²) in [4.78, 5) is 24.8. The van der Waals surface area contributed by atoms with Crippen molar-refractivity contribution in [1.82, 2.24) is 0 Å². The lowest BCUT2D eigenvalue weighted by atomic mass is 10.1. The van der Waals surface area contributed by atoms with Crippen molar-refractivity contribution < 1.29 is 23.5 Å². The summed E-state index contributed by atoms with van der Waals surface area (Å²) in [6.07, 6.45) is 3.57. The number of hydrogen-bond acceptors (Lipinski definition) is 4. The fourth-order valence-corrected chi connectivity index (χ4v) is 3.56. The van der Waals surface area contributed by atoms with Crippen LogP contribution in [0.2, 0.25) is 0 Å². The number of ether oxygens (including phenoxy) is 2. The fraction of sp³-hybridized carbons (Fsp3) is 0.579. The molecule has 0 radical (unpaired) electrons. The van der Waals surface area contributed by atoms with Crippen molar-refractivity contribution in [1.29, 1.82) is 0 Å². The monoisotopic (exact) mass is 349 g/mol. The molecule has 1 aromatic carbocycles. The molecule has 0 atom stereocenters. The highest BCUT2D eigenvalue weighted by Gasteiger charge is 2.31. The lowest BCUT2D eigenvalue weighted by molar-refractivity contribution is -0.923. The van der Waals surface area contributed by atoms with Crippen LogP contribution in [0.5, 0.6) is 5.75 Å². The number of carbonyl (C=O) groups excluding carboxylic acids is 2. The highest BCUT2D eigenvalue weighted by atomic mass is 16.5. The zero-order valence-electron chi connectivity index (χ0n) is 15.7. The van der Waals surface area contributed by atoms with Crippen LogP contribution in [-0.4, -0.2) is 56.8 Å². The summed E-state index contributed by atoms with van der Waals surface area (Å²) in [5, 5.41) is 2.94. The number of esters is 1. The van der Waals surface area contributed by atoms with Gasteiger partial charge in [0.25, 0.3) is 5.91 Å². The smallest absolute Gasteiger partial charge is 0.340 e. The molecule has 0 unspecified atom stereocenters. The number of quaternary nitrogens is 1. The first-order valence-corrected chi connectivity index (χ1v) is 8.86. The van der Waals surface area contributed by atoms with Gasteiger partial charge in [-0.3, -0.25) is 4.79 Å². The Morgan fingerprint density at radius 1 is 1.16 bits per heavy atom. The summed E-state index contributed by atoms with van der Waals surface area (Å²) < 4.78 is 10.9. The number of likely N-dealkylation sites (N-methyl/N-ethyl adjacent to an activating group) is 1. The van der Waals surface area contributed by atoms with Crippen LogP contribution < -0.4 is 10.1 Å². The molecule has 6 nitrogen and oxygen atoms in total. The molecular weight excluding hydrogens is 320 g/mol. The highest BCUT2D eigenvalue weighted by molar-refractivity contribution is 6.02. The van der Waals surface area contributed by atoms with Gasteiger partial charge < -0.3 is 19.3 Å². The second-order valence-electron chi connectivity index (χ2n) is 6.73. The van der Waals surface area contributed by atoms with Crippen molar-refractivity contribution >= 4 is 17.6 Å². The predicted octanol–water partition coefficient (Wildman–Crippen LogP) is 2.75. The number of anilines is 1. The largest absolute Gasteiger partial charge is 0.497 e. The van der Waals surface area contributed by atoms with Gasteiger partial charge in [-0.2, -0.15) is 0 Å². The number of carbonyl (C=O) groups is 2. The van der Waals surface area contributed by atoms with E-state index in [1.165, 1.54) is 13.5 Å². The summed E-state index contributed by atoms with van der Waals surface area (Å²) in [5.74, 6) is 0.000759. The van der Waals surface area contributed by atoms with E-state index in [2.05, 4.69) is 12.2 Å². The number of amides is 1. The zero-order chi connectivity index (χ0) is 18.4. The molecule has 1 N–H and O–H groups in total. The molecule has 25 heavy (non-hydrogen) atoms. The molecule has 1 saturated heterocycles. The minimum atomic E-state index is -0.491. The number of nitrogens with zero attached hydrogens (tertiary/aromatic N) is 1. The van der Waals surface area contributed by atoms with E-state index in [1.54, 1.807) is 19.2 Å². The molecule has 0 saturated carbocycles. The number of nitrogens with one attached hydrogen (secondary N) is 1. The molecule has 2 rings (SSSR count). The van der Waals surface area contributed by atoms with E-state index in [1.807, 2.05) is 6.92 Å². The van der Waals surface area contributed by atoms with E-state index in [0.29, 0.717) is 23.5 Å². The van der Waals surface area contributed by atoms with Gasteiger partial charge in [-0.15, -0.1) is 0 Å². The summed E-state index contributed by atoms with van der Waals surface area (Å²) in [6.45, 7) is 7.43.